The van der Waals surface area contributed by atoms with E-state index in [1.54, 1.807) is 24.3 Å². The summed E-state index contributed by atoms with van der Waals surface area (Å²) in [6.07, 6.45) is 0. The number of nitro benzene ring substituents is 1. The van der Waals surface area contributed by atoms with Gasteiger partial charge in [-0.15, -0.1) is 0 Å². The predicted molar refractivity (Wildman–Crippen MR) is 87.1 cm³/mol. The van der Waals surface area contributed by atoms with Crippen LogP contribution in [0.3, 0.4) is 0 Å². The number of para-hydroxylation sites is 2. The number of carbonyl (C=O) groups excluding carboxylic acids is 1. The minimum atomic E-state index is -0.605. The summed E-state index contributed by atoms with van der Waals surface area (Å²) in [5.41, 5.74) is 2.10. The number of Topliss-reactive ketones (excluding diaryl/α,β-unsaturated/α-hetero) is 1. The van der Waals surface area contributed by atoms with E-state index in [2.05, 4.69) is 10.5 Å². The van der Waals surface area contributed by atoms with Crippen LogP contribution in [0.5, 0.6) is 5.75 Å². The molecule has 24 heavy (non-hydrogen) atoms. The van der Waals surface area contributed by atoms with Crippen molar-refractivity contribution in [3.63, 3.8) is 0 Å². The van der Waals surface area contributed by atoms with Gasteiger partial charge in [0.25, 0.3) is 5.69 Å². The molecule has 0 atom stereocenters. The van der Waals surface area contributed by atoms with Crippen LogP contribution in [0.15, 0.2) is 53.6 Å². The Bertz CT molecular complexity index is 838. The lowest BCUT2D eigenvalue weighted by Gasteiger charge is -2.03. The molecule has 0 bridgehead atoms. The molecule has 8 nitrogen and oxygen atoms in total. The molecule has 0 spiro atoms. The van der Waals surface area contributed by atoms with E-state index in [-0.39, 0.29) is 16.9 Å². The number of nitrogens with zero attached hydrogens (tertiary/aromatic N) is 3. The molecule has 0 aliphatic carbocycles. The number of carbonyl (C=O) groups is 1. The van der Waals surface area contributed by atoms with Crippen LogP contribution in [-0.2, 0) is 0 Å². The SMILES string of the molecule is COc1ccc(C(=O)/C(C#N)=N/Nc2ccccc2[N+](=O)[O-])cc1. The third-order valence-electron chi connectivity index (χ3n) is 3.06. The second-order valence-corrected chi connectivity index (χ2v) is 4.52. The first-order valence-corrected chi connectivity index (χ1v) is 6.72. The van der Waals surface area contributed by atoms with E-state index >= 15 is 0 Å². The second kappa shape index (κ2) is 7.51. The van der Waals surface area contributed by atoms with Crippen LogP contribution in [0.1, 0.15) is 10.4 Å². The van der Waals surface area contributed by atoms with Crippen LogP contribution < -0.4 is 10.2 Å². The normalized spacial score (nSPS) is 10.6. The molecule has 2 rings (SSSR count). The first kappa shape index (κ1) is 16.6. The maximum absolute atomic E-state index is 12.2. The number of methoxy groups -OCH3 is 1. The van der Waals surface area contributed by atoms with E-state index in [0.29, 0.717) is 5.75 Å². The van der Waals surface area contributed by atoms with Crippen LogP contribution in [0.2, 0.25) is 0 Å². The molecule has 0 unspecified atom stereocenters. The largest absolute Gasteiger partial charge is 0.497 e. The molecule has 0 aliphatic heterocycles. The van der Waals surface area contributed by atoms with Crippen molar-refractivity contribution in [2.75, 3.05) is 12.5 Å². The van der Waals surface area contributed by atoms with Crippen molar-refractivity contribution in [1.29, 1.82) is 5.26 Å². The van der Waals surface area contributed by atoms with Gasteiger partial charge in [-0.25, -0.2) is 0 Å². The number of hydrogen-bond donors (Lipinski definition) is 1. The van der Waals surface area contributed by atoms with Crippen molar-refractivity contribution in [2.45, 2.75) is 0 Å². The van der Waals surface area contributed by atoms with Crippen molar-refractivity contribution in [2.24, 2.45) is 5.10 Å². The zero-order chi connectivity index (χ0) is 17.5. The quantitative estimate of drug-likeness (QED) is 0.378. The van der Waals surface area contributed by atoms with Gasteiger partial charge in [0.1, 0.15) is 17.5 Å². The van der Waals surface area contributed by atoms with E-state index in [0.717, 1.165) is 0 Å². The molecular formula is C16H12N4O4. The van der Waals surface area contributed by atoms with Gasteiger partial charge in [-0.1, -0.05) is 12.1 Å². The van der Waals surface area contributed by atoms with Crippen LogP contribution in [-0.4, -0.2) is 23.5 Å². The predicted octanol–water partition coefficient (Wildman–Crippen LogP) is 2.78. The highest BCUT2D eigenvalue weighted by Gasteiger charge is 2.16. The van der Waals surface area contributed by atoms with Gasteiger partial charge in [0.15, 0.2) is 0 Å². The lowest BCUT2D eigenvalue weighted by Crippen LogP contribution is -2.14. The number of nitriles is 1. The molecule has 8 heteroatoms. The molecule has 0 saturated carbocycles. The van der Waals surface area contributed by atoms with Crippen LogP contribution in [0.4, 0.5) is 11.4 Å². The average molecular weight is 324 g/mol. The molecule has 1 N–H and O–H groups in total. The number of nitrogens with one attached hydrogen (secondary N) is 1. The Morgan fingerprint density at radius 1 is 1.25 bits per heavy atom. The van der Waals surface area contributed by atoms with Crippen LogP contribution in [0, 0.1) is 21.4 Å². The fourth-order valence-electron chi connectivity index (χ4n) is 1.85. The Labute approximate surface area is 137 Å². The number of benzene rings is 2. The van der Waals surface area contributed by atoms with E-state index in [4.69, 9.17) is 10.00 Å². The van der Waals surface area contributed by atoms with Gasteiger partial charge in [0.2, 0.25) is 11.5 Å². The van der Waals surface area contributed by atoms with Gasteiger partial charge in [0, 0.05) is 11.6 Å². The highest BCUT2D eigenvalue weighted by molar-refractivity contribution is 6.51. The maximum Gasteiger partial charge on any atom is 0.294 e. The molecule has 0 heterocycles. The van der Waals surface area contributed by atoms with Crippen LogP contribution in [0.25, 0.3) is 0 Å². The van der Waals surface area contributed by atoms with Gasteiger partial charge in [-0.05, 0) is 30.3 Å². The molecular weight excluding hydrogens is 312 g/mol. The topological polar surface area (TPSA) is 118 Å². The van der Waals surface area contributed by atoms with Gasteiger partial charge in [-0.2, -0.15) is 10.4 Å². The highest BCUT2D eigenvalue weighted by Crippen LogP contribution is 2.23. The molecule has 120 valence electrons. The van der Waals surface area contributed by atoms with E-state index in [9.17, 15) is 14.9 Å². The third kappa shape index (κ3) is 3.72. The van der Waals surface area contributed by atoms with E-state index in [1.807, 2.05) is 0 Å². The molecule has 0 radical (unpaired) electrons. The zero-order valence-corrected chi connectivity index (χ0v) is 12.6. The van der Waals surface area contributed by atoms with Crippen molar-refractivity contribution in [3.8, 4) is 11.8 Å². The first-order chi connectivity index (χ1) is 11.6. The number of anilines is 1. The zero-order valence-electron chi connectivity index (χ0n) is 12.6. The molecule has 0 fully saturated rings. The van der Waals surface area contributed by atoms with Gasteiger partial charge in [0.05, 0.1) is 12.0 Å². The van der Waals surface area contributed by atoms with Crippen molar-refractivity contribution < 1.29 is 14.5 Å². The first-order valence-electron chi connectivity index (χ1n) is 6.72. The molecule has 0 saturated heterocycles. The average Bonchev–Trinajstić information content (AvgIpc) is 2.62. The minimum absolute atomic E-state index is 0.0813. The summed E-state index contributed by atoms with van der Waals surface area (Å²) in [6, 6.07) is 13.6. The fourth-order valence-corrected chi connectivity index (χ4v) is 1.85. The van der Waals surface area contributed by atoms with E-state index in [1.165, 1.54) is 37.4 Å². The van der Waals surface area contributed by atoms with Gasteiger partial charge >= 0.3 is 0 Å². The minimum Gasteiger partial charge on any atom is -0.497 e. The fraction of sp³-hybridized carbons (Fsp3) is 0.0625. The van der Waals surface area contributed by atoms with E-state index < -0.39 is 16.4 Å². The van der Waals surface area contributed by atoms with Gasteiger partial charge in [-0.3, -0.25) is 20.3 Å². The third-order valence-corrected chi connectivity index (χ3v) is 3.06. The number of ether oxygens (including phenoxy) is 1. The molecule has 0 aliphatic rings. The Kier molecular flexibility index (Phi) is 5.20. The Morgan fingerprint density at radius 3 is 2.50 bits per heavy atom. The molecule has 2 aromatic rings. The molecule has 0 amide bonds. The number of nitro groups is 1. The summed E-state index contributed by atoms with van der Waals surface area (Å²) < 4.78 is 4.99. The summed E-state index contributed by atoms with van der Waals surface area (Å²) in [5, 5.41) is 23.7. The monoisotopic (exact) mass is 324 g/mol. The number of hydrogen-bond acceptors (Lipinski definition) is 7. The smallest absolute Gasteiger partial charge is 0.294 e. The standard InChI is InChI=1S/C16H12N4O4/c1-24-12-8-6-11(7-9-12)16(21)14(10-17)19-18-13-4-2-3-5-15(13)20(22)23/h2-9,18H,1H3/b19-14+. The summed E-state index contributed by atoms with van der Waals surface area (Å²) in [4.78, 5) is 22.6. The van der Waals surface area contributed by atoms with Gasteiger partial charge < -0.3 is 4.74 Å². The number of rotatable bonds is 6. The van der Waals surface area contributed by atoms with Crippen LogP contribution >= 0.6 is 0 Å². The summed E-state index contributed by atoms with van der Waals surface area (Å²) in [6.45, 7) is 0. The van der Waals surface area contributed by atoms with Crippen molar-refractivity contribution in [1.82, 2.24) is 0 Å². The van der Waals surface area contributed by atoms with Crippen molar-refractivity contribution >= 4 is 22.9 Å². The lowest BCUT2D eigenvalue weighted by atomic mass is 10.1. The highest BCUT2D eigenvalue weighted by atomic mass is 16.6. The summed E-state index contributed by atoms with van der Waals surface area (Å²) >= 11 is 0. The number of ketones is 1. The lowest BCUT2D eigenvalue weighted by molar-refractivity contribution is -0.384. The number of hydrazone groups is 1. The Balaban J connectivity index is 2.25. The maximum atomic E-state index is 12.2. The molecule has 0 aromatic heterocycles. The second-order valence-electron chi connectivity index (χ2n) is 4.52. The summed E-state index contributed by atoms with van der Waals surface area (Å²) in [5.74, 6) is -0.0359. The Hall–Kier alpha value is -3.73. The molecule has 2 aromatic carbocycles. The summed E-state index contributed by atoms with van der Waals surface area (Å²) in [7, 11) is 1.50. The van der Waals surface area contributed by atoms with Crippen molar-refractivity contribution in [3.05, 3.63) is 64.2 Å². The Morgan fingerprint density at radius 2 is 1.92 bits per heavy atom.